The molecule has 2 saturated heterocycles. The van der Waals surface area contributed by atoms with Crippen molar-refractivity contribution in [2.45, 2.75) is 122 Å². The summed E-state index contributed by atoms with van der Waals surface area (Å²) in [6.07, 6.45) is 4.44. The number of hydrogen-bond donors (Lipinski definition) is 5. The molecule has 5 amide bonds. The van der Waals surface area contributed by atoms with Crippen LogP contribution in [0.1, 0.15) is 86.0 Å². The first kappa shape index (κ1) is 31.9. The van der Waals surface area contributed by atoms with Gasteiger partial charge in [0, 0.05) is 12.1 Å². The minimum atomic E-state index is -1.25. The Kier molecular flexibility index (Phi) is 9.64. The Morgan fingerprint density at radius 1 is 1.05 bits per heavy atom. The van der Waals surface area contributed by atoms with E-state index in [9.17, 15) is 33.9 Å². The number of nitrogens with one attached hydrogen (secondary N) is 4. The summed E-state index contributed by atoms with van der Waals surface area (Å²) >= 11 is 0. The molecule has 2 saturated carbocycles. The van der Waals surface area contributed by atoms with E-state index >= 15 is 0 Å². The van der Waals surface area contributed by atoms with Crippen LogP contribution >= 0.6 is 0 Å². The highest BCUT2D eigenvalue weighted by atomic mass is 16.3. The Morgan fingerprint density at radius 3 is 2.36 bits per heavy atom. The highest BCUT2D eigenvalue weighted by molar-refractivity contribution is 6.38. The fraction of sp³-hybridized carbons (Fsp3) is 0.800. The van der Waals surface area contributed by atoms with Gasteiger partial charge in [0.25, 0.3) is 5.91 Å². The van der Waals surface area contributed by atoms with Gasteiger partial charge in [0.1, 0.15) is 18.2 Å². The molecular formula is C30H47N5O7. The summed E-state index contributed by atoms with van der Waals surface area (Å²) in [6, 6.07) is -2.86. The molecule has 4 rings (SSSR count). The van der Waals surface area contributed by atoms with Gasteiger partial charge in [0.05, 0.1) is 12.6 Å². The lowest BCUT2D eigenvalue weighted by Gasteiger charge is -2.55. The molecule has 5 N–H and O–H groups in total. The average Bonchev–Trinajstić information content (AvgIpc) is 3.67. The monoisotopic (exact) mass is 589 g/mol. The second-order valence-corrected chi connectivity index (χ2v) is 13.5. The van der Waals surface area contributed by atoms with Gasteiger partial charge in [-0.05, 0) is 61.7 Å². The molecule has 12 heteroatoms. The molecule has 4 aliphatic rings. The third-order valence-corrected chi connectivity index (χ3v) is 9.65. The fourth-order valence-corrected chi connectivity index (χ4v) is 7.09. The first-order valence-electron chi connectivity index (χ1n) is 15.5. The van der Waals surface area contributed by atoms with Crippen molar-refractivity contribution in [1.29, 1.82) is 0 Å². The van der Waals surface area contributed by atoms with Gasteiger partial charge in [-0.1, -0.05) is 47.5 Å². The van der Waals surface area contributed by atoms with Crippen LogP contribution in [0.5, 0.6) is 0 Å². The molecule has 0 aromatic rings. The molecule has 0 spiro atoms. The maximum Gasteiger partial charge on any atom is 0.289 e. The number of carbonyl (C=O) groups excluding carboxylic acids is 6. The van der Waals surface area contributed by atoms with E-state index in [0.29, 0.717) is 19.3 Å². The van der Waals surface area contributed by atoms with Crippen molar-refractivity contribution in [3.8, 4) is 0 Å². The van der Waals surface area contributed by atoms with Gasteiger partial charge in [0.2, 0.25) is 29.4 Å². The van der Waals surface area contributed by atoms with Gasteiger partial charge < -0.3 is 31.3 Å². The van der Waals surface area contributed by atoms with Crippen molar-refractivity contribution in [1.82, 2.24) is 26.2 Å². The van der Waals surface area contributed by atoms with Crippen molar-refractivity contribution in [2.24, 2.45) is 23.2 Å². The first-order chi connectivity index (χ1) is 19.8. The SMILES string of the molecule is CCC[C@H](NC(=O)[C@@H]1C[C@@H]2CCCC3[C@@H]2N1C(=O)[C@@H](NC(=O)CNC(=O)[C@@H](O)C(C)C)C3(C)C)C(=O)C(=O)NC1CC1. The first-order valence-corrected chi connectivity index (χ1v) is 15.5. The summed E-state index contributed by atoms with van der Waals surface area (Å²) in [5.74, 6) is -3.58. The molecule has 234 valence electrons. The third-order valence-electron chi connectivity index (χ3n) is 9.65. The molecule has 0 aromatic carbocycles. The number of amides is 5. The average molecular weight is 590 g/mol. The van der Waals surface area contributed by atoms with Crippen molar-refractivity contribution < 1.29 is 33.9 Å². The summed E-state index contributed by atoms with van der Waals surface area (Å²) in [7, 11) is 0. The highest BCUT2D eigenvalue weighted by Crippen LogP contribution is 2.53. The molecule has 7 atom stereocenters. The van der Waals surface area contributed by atoms with E-state index in [0.717, 1.165) is 32.1 Å². The number of ketones is 1. The van der Waals surface area contributed by atoms with Crippen molar-refractivity contribution in [2.75, 3.05) is 6.54 Å². The number of hydrogen-bond acceptors (Lipinski definition) is 7. The molecule has 2 heterocycles. The Hall–Kier alpha value is -3.02. The molecule has 4 fully saturated rings. The van der Waals surface area contributed by atoms with Crippen LogP contribution in [0.15, 0.2) is 0 Å². The standard InChI is InChI=1S/C30H47N5O7/c1-6-8-19(24(38)28(41)32-17-11-12-17)33-26(39)20-13-16-9-7-10-18-22(16)35(20)29(42)25(30(18,4)5)34-21(36)14-31-27(40)23(37)15(2)3/h15-20,22-23,25,37H,6-14H2,1-5H3,(H,31,40)(H,32,41)(H,33,39)(H,34,36)/t16-,18?,19-,20-,22+,23-,25+/m0/s1. The second kappa shape index (κ2) is 12.7. The number of nitrogens with zero attached hydrogens (tertiary/aromatic N) is 1. The predicted molar refractivity (Wildman–Crippen MR) is 152 cm³/mol. The molecule has 2 aliphatic heterocycles. The number of piperidine rings is 1. The van der Waals surface area contributed by atoms with Crippen LogP contribution in [0.25, 0.3) is 0 Å². The zero-order chi connectivity index (χ0) is 30.9. The predicted octanol–water partition coefficient (Wildman–Crippen LogP) is 0.163. The Morgan fingerprint density at radius 2 is 1.74 bits per heavy atom. The molecule has 0 radical (unpaired) electrons. The number of aliphatic hydroxyl groups is 1. The molecular weight excluding hydrogens is 542 g/mol. The van der Waals surface area contributed by atoms with Gasteiger partial charge in [-0.15, -0.1) is 0 Å². The quantitative estimate of drug-likeness (QED) is 0.202. The van der Waals surface area contributed by atoms with Crippen molar-refractivity contribution in [3.05, 3.63) is 0 Å². The van der Waals surface area contributed by atoms with Crippen LogP contribution in [-0.2, 0) is 28.8 Å². The van der Waals surface area contributed by atoms with Crippen LogP contribution < -0.4 is 21.3 Å². The van der Waals surface area contributed by atoms with Gasteiger partial charge >= 0.3 is 0 Å². The summed E-state index contributed by atoms with van der Waals surface area (Å²) in [5.41, 5.74) is -0.610. The van der Waals surface area contributed by atoms with Crippen molar-refractivity contribution >= 4 is 35.3 Å². The van der Waals surface area contributed by atoms with E-state index < -0.39 is 65.6 Å². The lowest BCUT2D eigenvalue weighted by Crippen LogP contribution is -2.70. The zero-order valence-electron chi connectivity index (χ0n) is 25.4. The zero-order valence-corrected chi connectivity index (χ0v) is 25.4. The van der Waals surface area contributed by atoms with E-state index in [2.05, 4.69) is 21.3 Å². The Bertz CT molecular complexity index is 1100. The molecule has 42 heavy (non-hydrogen) atoms. The second-order valence-electron chi connectivity index (χ2n) is 13.5. The summed E-state index contributed by atoms with van der Waals surface area (Å²) < 4.78 is 0. The van der Waals surface area contributed by atoms with Crippen LogP contribution in [0.3, 0.4) is 0 Å². The minimum absolute atomic E-state index is 0.0179. The lowest BCUT2D eigenvalue weighted by molar-refractivity contribution is -0.159. The molecule has 2 aliphatic carbocycles. The number of aliphatic hydroxyl groups excluding tert-OH is 1. The summed E-state index contributed by atoms with van der Waals surface area (Å²) in [5, 5.41) is 20.7. The third kappa shape index (κ3) is 6.48. The molecule has 0 bridgehead atoms. The Balaban J connectivity index is 1.50. The smallest absolute Gasteiger partial charge is 0.289 e. The van der Waals surface area contributed by atoms with Gasteiger partial charge in [-0.2, -0.15) is 0 Å². The summed E-state index contributed by atoms with van der Waals surface area (Å²) in [4.78, 5) is 79.9. The number of Topliss-reactive ketones (excluding diaryl/α,β-unsaturated/α-hetero) is 1. The van der Waals surface area contributed by atoms with Crippen LogP contribution in [-0.4, -0.2) is 88.2 Å². The van der Waals surface area contributed by atoms with Crippen LogP contribution in [0.4, 0.5) is 0 Å². The van der Waals surface area contributed by atoms with Gasteiger partial charge in [0.15, 0.2) is 0 Å². The van der Waals surface area contributed by atoms with E-state index in [1.165, 1.54) is 0 Å². The Labute approximate surface area is 247 Å². The number of rotatable bonds is 12. The van der Waals surface area contributed by atoms with Gasteiger partial charge in [-0.25, -0.2) is 0 Å². The van der Waals surface area contributed by atoms with Crippen LogP contribution in [0.2, 0.25) is 0 Å². The number of carbonyl (C=O) groups is 6. The van der Waals surface area contributed by atoms with Crippen molar-refractivity contribution in [3.63, 3.8) is 0 Å². The van der Waals surface area contributed by atoms with E-state index in [1.54, 1.807) is 18.7 Å². The maximum absolute atomic E-state index is 14.1. The van der Waals surface area contributed by atoms with Crippen LogP contribution in [0, 0.1) is 23.2 Å². The highest BCUT2D eigenvalue weighted by Gasteiger charge is 2.62. The topological polar surface area (TPSA) is 174 Å². The largest absolute Gasteiger partial charge is 0.383 e. The van der Waals surface area contributed by atoms with Gasteiger partial charge in [-0.3, -0.25) is 28.8 Å². The minimum Gasteiger partial charge on any atom is -0.383 e. The molecule has 12 nitrogen and oxygen atoms in total. The lowest BCUT2D eigenvalue weighted by atomic mass is 9.60. The van der Waals surface area contributed by atoms with E-state index in [-0.39, 0.29) is 35.7 Å². The molecule has 1 unspecified atom stereocenters. The van der Waals surface area contributed by atoms with E-state index in [1.807, 2.05) is 20.8 Å². The van der Waals surface area contributed by atoms with E-state index in [4.69, 9.17) is 0 Å². The normalized spacial score (nSPS) is 29.3. The molecule has 0 aromatic heterocycles. The maximum atomic E-state index is 14.1. The fourth-order valence-electron chi connectivity index (χ4n) is 7.09. The summed E-state index contributed by atoms with van der Waals surface area (Å²) in [6.45, 7) is 8.77.